The number of nitrogens with zero attached hydrogens (tertiary/aromatic N) is 5. The average Bonchev–Trinajstić information content (AvgIpc) is 3.80. The summed E-state index contributed by atoms with van der Waals surface area (Å²) in [5.74, 6) is 0.678. The number of aromatic nitrogens is 5. The minimum absolute atomic E-state index is 0.678. The minimum Gasteiger partial charge on any atom is -0.309 e. The predicted molar refractivity (Wildman–Crippen MR) is 230 cm³/mol. The number of hydrogen-bond acceptors (Lipinski definition) is 3. The first kappa shape index (κ1) is 31.9. The molecule has 56 heavy (non-hydrogen) atoms. The lowest BCUT2D eigenvalue weighted by molar-refractivity contribution is 1.13. The van der Waals surface area contributed by atoms with Crippen molar-refractivity contribution in [3.63, 3.8) is 0 Å². The molecule has 11 rings (SSSR count). The Labute approximate surface area is 323 Å². The van der Waals surface area contributed by atoms with Gasteiger partial charge in [-0.25, -0.2) is 9.97 Å². The van der Waals surface area contributed by atoms with Gasteiger partial charge < -0.3 is 9.13 Å². The molecule has 0 amide bonds. The fourth-order valence-electron chi connectivity index (χ4n) is 8.22. The van der Waals surface area contributed by atoms with Gasteiger partial charge in [0, 0.05) is 62.0 Å². The quantitative estimate of drug-likeness (QED) is 0.172. The smallest absolute Gasteiger partial charge is 0.160 e. The molecule has 0 fully saturated rings. The lowest BCUT2D eigenvalue weighted by Crippen LogP contribution is -2.01. The third-order valence-electron chi connectivity index (χ3n) is 10.8. The highest BCUT2D eigenvalue weighted by molar-refractivity contribution is 6.10. The van der Waals surface area contributed by atoms with Gasteiger partial charge in [0.15, 0.2) is 5.82 Å². The first-order chi connectivity index (χ1) is 27.8. The zero-order chi connectivity index (χ0) is 37.0. The van der Waals surface area contributed by atoms with Crippen LogP contribution < -0.4 is 0 Å². The molecule has 0 unspecified atom stereocenters. The molecule has 0 saturated heterocycles. The lowest BCUT2D eigenvalue weighted by Gasteiger charge is -2.16. The molecule has 5 heteroatoms. The first-order valence-corrected chi connectivity index (χ1v) is 18.8. The van der Waals surface area contributed by atoms with Crippen LogP contribution in [-0.2, 0) is 0 Å². The van der Waals surface area contributed by atoms with E-state index < -0.39 is 0 Å². The van der Waals surface area contributed by atoms with Crippen LogP contribution in [0.4, 0.5) is 0 Å². The average molecular weight is 716 g/mol. The Balaban J connectivity index is 1.19. The zero-order valence-electron chi connectivity index (χ0n) is 30.3. The number of para-hydroxylation sites is 3. The summed E-state index contributed by atoms with van der Waals surface area (Å²) < 4.78 is 4.74. The van der Waals surface area contributed by atoms with Crippen LogP contribution in [0, 0.1) is 0 Å². The molecule has 262 valence electrons. The van der Waals surface area contributed by atoms with Crippen molar-refractivity contribution >= 4 is 43.6 Å². The van der Waals surface area contributed by atoms with E-state index in [4.69, 9.17) is 9.97 Å². The van der Waals surface area contributed by atoms with Crippen LogP contribution in [0.25, 0.3) is 100 Å². The van der Waals surface area contributed by atoms with Gasteiger partial charge in [0.2, 0.25) is 0 Å². The molecule has 0 spiro atoms. The van der Waals surface area contributed by atoms with Crippen molar-refractivity contribution in [3.8, 4) is 56.4 Å². The fraction of sp³-hybridized carbons (Fsp3) is 0. The number of benzene rings is 7. The topological polar surface area (TPSA) is 48.5 Å². The van der Waals surface area contributed by atoms with Gasteiger partial charge in [-0.2, -0.15) is 0 Å². The highest BCUT2D eigenvalue weighted by Gasteiger charge is 2.19. The number of rotatable bonds is 6. The molecule has 0 aliphatic heterocycles. The summed E-state index contributed by atoms with van der Waals surface area (Å²) >= 11 is 0. The van der Waals surface area contributed by atoms with E-state index in [-0.39, 0.29) is 0 Å². The van der Waals surface area contributed by atoms with Gasteiger partial charge in [0.05, 0.1) is 33.5 Å². The Morgan fingerprint density at radius 2 is 0.768 bits per heavy atom. The minimum atomic E-state index is 0.678. The summed E-state index contributed by atoms with van der Waals surface area (Å²) in [4.78, 5) is 15.0. The molecule has 0 N–H and O–H groups in total. The van der Waals surface area contributed by atoms with Crippen molar-refractivity contribution in [2.24, 2.45) is 0 Å². The molecule has 11 aromatic rings. The Morgan fingerprint density at radius 3 is 1.36 bits per heavy atom. The van der Waals surface area contributed by atoms with Gasteiger partial charge >= 0.3 is 0 Å². The molecular formula is C51H33N5. The third-order valence-corrected chi connectivity index (χ3v) is 10.8. The van der Waals surface area contributed by atoms with Gasteiger partial charge in [-0.3, -0.25) is 4.98 Å². The lowest BCUT2D eigenvalue weighted by atomic mass is 10.0. The monoisotopic (exact) mass is 715 g/mol. The summed E-state index contributed by atoms with van der Waals surface area (Å²) in [6.45, 7) is 0. The molecule has 0 saturated carbocycles. The van der Waals surface area contributed by atoms with Crippen LogP contribution in [0.15, 0.2) is 200 Å². The van der Waals surface area contributed by atoms with Crippen molar-refractivity contribution in [3.05, 3.63) is 200 Å². The highest BCUT2D eigenvalue weighted by Crippen LogP contribution is 2.38. The first-order valence-electron chi connectivity index (χ1n) is 18.8. The largest absolute Gasteiger partial charge is 0.309 e. The van der Waals surface area contributed by atoms with E-state index in [0.717, 1.165) is 77.9 Å². The van der Waals surface area contributed by atoms with Gasteiger partial charge in [-0.05, 0) is 59.7 Å². The molecule has 5 nitrogen and oxygen atoms in total. The second kappa shape index (κ2) is 13.0. The summed E-state index contributed by atoms with van der Waals surface area (Å²) in [6.07, 6.45) is 3.85. The van der Waals surface area contributed by atoms with E-state index in [1.54, 1.807) is 0 Å². The van der Waals surface area contributed by atoms with Gasteiger partial charge in [-0.15, -0.1) is 0 Å². The van der Waals surface area contributed by atoms with Crippen LogP contribution in [0.2, 0.25) is 0 Å². The van der Waals surface area contributed by atoms with E-state index in [1.807, 2.05) is 36.7 Å². The maximum Gasteiger partial charge on any atom is 0.160 e. The van der Waals surface area contributed by atoms with E-state index in [9.17, 15) is 0 Å². The third kappa shape index (κ3) is 5.29. The molecule has 0 bridgehead atoms. The normalized spacial score (nSPS) is 11.6. The van der Waals surface area contributed by atoms with E-state index >= 15 is 0 Å². The van der Waals surface area contributed by atoms with Crippen LogP contribution in [0.5, 0.6) is 0 Å². The summed E-state index contributed by atoms with van der Waals surface area (Å²) in [5, 5.41) is 4.70. The predicted octanol–water partition coefficient (Wildman–Crippen LogP) is 12.7. The molecule has 4 heterocycles. The molecule has 0 radical (unpaired) electrons. The zero-order valence-corrected chi connectivity index (χ0v) is 30.3. The maximum atomic E-state index is 5.32. The number of fused-ring (bicyclic) bond motifs is 6. The molecule has 0 aliphatic rings. The molecule has 0 aliphatic carbocycles. The Hall–Kier alpha value is -7.63. The van der Waals surface area contributed by atoms with Crippen molar-refractivity contribution < 1.29 is 0 Å². The second-order valence-electron chi connectivity index (χ2n) is 14.1. The summed E-state index contributed by atoms with van der Waals surface area (Å²) in [7, 11) is 0. The van der Waals surface area contributed by atoms with Gasteiger partial charge in [0.25, 0.3) is 0 Å². The fourth-order valence-corrected chi connectivity index (χ4v) is 8.22. The standard InChI is InChI=1S/C51H33N5/c1-3-13-34(14-4-1)35-23-25-36(26-24-35)45-32-46(54-51(53-45)37-15-5-2-6-16-37)38-29-39(55-47-20-10-7-17-41(47)42-18-8-11-21-48(42)55)31-40(30-38)56-49-22-12-9-19-43(49)44-33-52-28-27-50(44)56/h1-33H. The second-order valence-corrected chi connectivity index (χ2v) is 14.1. The van der Waals surface area contributed by atoms with Crippen molar-refractivity contribution in [1.82, 2.24) is 24.1 Å². The molecule has 0 atom stereocenters. The molecule has 7 aromatic carbocycles. The van der Waals surface area contributed by atoms with Crippen LogP contribution >= 0.6 is 0 Å². The van der Waals surface area contributed by atoms with Crippen molar-refractivity contribution in [1.29, 1.82) is 0 Å². The van der Waals surface area contributed by atoms with Crippen molar-refractivity contribution in [2.75, 3.05) is 0 Å². The van der Waals surface area contributed by atoms with E-state index in [2.05, 4.69) is 178 Å². The molecular weight excluding hydrogens is 683 g/mol. The Bertz CT molecular complexity index is 2990. The number of pyridine rings is 1. The maximum absolute atomic E-state index is 5.32. The Morgan fingerprint density at radius 1 is 0.321 bits per heavy atom. The summed E-state index contributed by atoms with van der Waals surface area (Å²) in [6, 6.07) is 66.4. The van der Waals surface area contributed by atoms with Gasteiger partial charge in [-0.1, -0.05) is 140 Å². The summed E-state index contributed by atoms with van der Waals surface area (Å²) in [5.41, 5.74) is 13.6. The van der Waals surface area contributed by atoms with E-state index in [1.165, 1.54) is 16.3 Å². The highest BCUT2D eigenvalue weighted by atomic mass is 15.0. The van der Waals surface area contributed by atoms with Crippen molar-refractivity contribution in [2.45, 2.75) is 0 Å². The van der Waals surface area contributed by atoms with Crippen LogP contribution in [0.3, 0.4) is 0 Å². The molecule has 4 aromatic heterocycles. The Kier molecular flexibility index (Phi) is 7.42. The van der Waals surface area contributed by atoms with Crippen LogP contribution in [0.1, 0.15) is 0 Å². The van der Waals surface area contributed by atoms with E-state index in [0.29, 0.717) is 5.82 Å². The SMILES string of the molecule is c1ccc(-c2ccc(-c3cc(-c4cc(-n5c6ccccc6c6ccccc65)cc(-n5c6ccccc6c6cnccc65)c4)nc(-c4ccccc4)n3)cc2)cc1. The van der Waals surface area contributed by atoms with Gasteiger partial charge in [0.1, 0.15) is 0 Å². The van der Waals surface area contributed by atoms with Crippen LogP contribution in [-0.4, -0.2) is 24.1 Å². The number of hydrogen-bond donors (Lipinski definition) is 0.